The fourth-order valence-corrected chi connectivity index (χ4v) is 3.68. The third-order valence-corrected chi connectivity index (χ3v) is 4.81. The molecule has 1 aromatic heterocycles. The Balaban J connectivity index is 2.04. The van der Waals surface area contributed by atoms with Crippen molar-refractivity contribution in [2.75, 3.05) is 12.3 Å². The number of amides is 1. The fourth-order valence-electron chi connectivity index (χ4n) is 2.77. The summed E-state index contributed by atoms with van der Waals surface area (Å²) in [4.78, 5) is 23.2. The van der Waals surface area contributed by atoms with Crippen LogP contribution in [0.1, 0.15) is 45.2 Å². The van der Waals surface area contributed by atoms with E-state index in [1.165, 1.54) is 18.2 Å². The summed E-state index contributed by atoms with van der Waals surface area (Å²) in [6.45, 7) is 6.83. The van der Waals surface area contributed by atoms with E-state index >= 15 is 0 Å². The lowest BCUT2D eigenvalue weighted by Crippen LogP contribution is -2.46. The van der Waals surface area contributed by atoms with Crippen LogP contribution in [0.4, 0.5) is 5.82 Å². The molecular weight excluding hydrogens is 284 g/mol. The Morgan fingerprint density at radius 3 is 2.95 bits per heavy atom. The Kier molecular flexibility index (Phi) is 5.45. The van der Waals surface area contributed by atoms with E-state index in [4.69, 9.17) is 5.73 Å². The van der Waals surface area contributed by atoms with Crippen molar-refractivity contribution in [2.45, 2.75) is 62.9 Å². The lowest BCUT2D eigenvalue weighted by atomic mass is 10.00. The molecule has 0 radical (unpaired) electrons. The van der Waals surface area contributed by atoms with Crippen LogP contribution in [-0.4, -0.2) is 38.6 Å². The van der Waals surface area contributed by atoms with Crippen LogP contribution in [0.25, 0.3) is 0 Å². The van der Waals surface area contributed by atoms with E-state index in [1.807, 2.05) is 18.7 Å². The summed E-state index contributed by atoms with van der Waals surface area (Å²) in [6.07, 6.45) is 4.47. The monoisotopic (exact) mass is 308 g/mol. The van der Waals surface area contributed by atoms with Gasteiger partial charge in [-0.2, -0.15) is 0 Å². The van der Waals surface area contributed by atoms with Crippen molar-refractivity contribution in [1.29, 1.82) is 0 Å². The summed E-state index contributed by atoms with van der Waals surface area (Å²) in [6, 6.07) is 2.12. The molecule has 21 heavy (non-hydrogen) atoms. The van der Waals surface area contributed by atoms with Crippen LogP contribution in [0, 0.1) is 6.92 Å². The number of nitrogen functional groups attached to an aromatic ring is 1. The van der Waals surface area contributed by atoms with E-state index in [9.17, 15) is 4.79 Å². The quantitative estimate of drug-likeness (QED) is 0.684. The van der Waals surface area contributed by atoms with E-state index in [0.717, 1.165) is 31.5 Å². The van der Waals surface area contributed by atoms with Gasteiger partial charge in [0.2, 0.25) is 5.91 Å². The van der Waals surface area contributed by atoms with Gasteiger partial charge in [-0.25, -0.2) is 9.97 Å². The number of carbonyl (C=O) groups excluding carboxylic acids is 1. The molecule has 1 saturated heterocycles. The highest BCUT2D eigenvalue weighted by molar-refractivity contribution is 8.00. The molecule has 116 valence electrons. The smallest absolute Gasteiger partial charge is 0.236 e. The first kappa shape index (κ1) is 16.1. The van der Waals surface area contributed by atoms with Crippen LogP contribution in [0.5, 0.6) is 0 Å². The predicted octanol–water partition coefficient (Wildman–Crippen LogP) is 2.64. The van der Waals surface area contributed by atoms with Gasteiger partial charge in [0.15, 0.2) is 5.16 Å². The summed E-state index contributed by atoms with van der Waals surface area (Å²) in [5, 5.41) is 0.400. The van der Waals surface area contributed by atoms with Crippen molar-refractivity contribution < 1.29 is 4.79 Å². The van der Waals surface area contributed by atoms with E-state index in [0.29, 0.717) is 17.0 Å². The van der Waals surface area contributed by atoms with Crippen LogP contribution in [-0.2, 0) is 4.79 Å². The molecule has 2 unspecified atom stereocenters. The predicted molar refractivity (Wildman–Crippen MR) is 86.1 cm³/mol. The maximum Gasteiger partial charge on any atom is 0.236 e. The number of carbonyl (C=O) groups is 1. The van der Waals surface area contributed by atoms with Crippen LogP contribution in [0.2, 0.25) is 0 Å². The molecule has 1 fully saturated rings. The SMILES string of the molecule is CCC1CCCCN1C(=O)C(C)Sc1nc(C)cc(N)n1. The molecule has 2 N–H and O–H groups in total. The molecule has 5 nitrogen and oxygen atoms in total. The van der Waals surface area contributed by atoms with E-state index in [-0.39, 0.29) is 11.2 Å². The third kappa shape index (κ3) is 4.09. The molecule has 1 amide bonds. The number of hydrogen-bond acceptors (Lipinski definition) is 5. The van der Waals surface area contributed by atoms with Crippen molar-refractivity contribution in [3.05, 3.63) is 11.8 Å². The zero-order valence-electron chi connectivity index (χ0n) is 13.0. The summed E-state index contributed by atoms with van der Waals surface area (Å²) in [7, 11) is 0. The van der Waals surface area contributed by atoms with Crippen molar-refractivity contribution in [3.8, 4) is 0 Å². The molecule has 0 aromatic carbocycles. The van der Waals surface area contributed by atoms with Gasteiger partial charge in [-0.15, -0.1) is 0 Å². The highest BCUT2D eigenvalue weighted by Crippen LogP contribution is 2.26. The number of hydrogen-bond donors (Lipinski definition) is 1. The number of anilines is 1. The number of likely N-dealkylation sites (tertiary alicyclic amines) is 1. The Morgan fingerprint density at radius 2 is 2.29 bits per heavy atom. The average molecular weight is 308 g/mol. The van der Waals surface area contributed by atoms with E-state index < -0.39 is 0 Å². The lowest BCUT2D eigenvalue weighted by Gasteiger charge is -2.36. The van der Waals surface area contributed by atoms with E-state index in [1.54, 1.807) is 6.07 Å². The molecular formula is C15H24N4OS. The summed E-state index contributed by atoms with van der Waals surface area (Å²) in [5.74, 6) is 0.643. The standard InChI is InChI=1S/C15H24N4OS/c1-4-12-7-5-6-8-19(12)14(20)11(3)21-15-17-10(2)9-13(16)18-15/h9,11-12H,4-8H2,1-3H3,(H2,16,17,18). The molecule has 0 saturated carbocycles. The number of aryl methyl sites for hydroxylation is 1. The topological polar surface area (TPSA) is 72.1 Å². The van der Waals surface area contributed by atoms with Gasteiger partial charge < -0.3 is 10.6 Å². The van der Waals surface area contributed by atoms with Gasteiger partial charge >= 0.3 is 0 Å². The molecule has 1 aliphatic rings. The number of nitrogens with zero attached hydrogens (tertiary/aromatic N) is 3. The average Bonchev–Trinajstić information content (AvgIpc) is 2.45. The second-order valence-corrected chi connectivity index (χ2v) is 6.87. The Hall–Kier alpha value is -1.30. The first-order chi connectivity index (χ1) is 10.0. The van der Waals surface area contributed by atoms with Crippen LogP contribution in [0.15, 0.2) is 11.2 Å². The second-order valence-electron chi connectivity index (χ2n) is 5.57. The van der Waals surface area contributed by atoms with Crippen molar-refractivity contribution in [3.63, 3.8) is 0 Å². The van der Waals surface area contributed by atoms with Crippen molar-refractivity contribution in [1.82, 2.24) is 14.9 Å². The second kappa shape index (κ2) is 7.11. The molecule has 2 rings (SSSR count). The van der Waals surface area contributed by atoms with Gasteiger partial charge in [0.05, 0.1) is 5.25 Å². The van der Waals surface area contributed by atoms with Gasteiger partial charge in [-0.05, 0) is 39.5 Å². The van der Waals surface area contributed by atoms with E-state index in [2.05, 4.69) is 16.9 Å². The summed E-state index contributed by atoms with van der Waals surface area (Å²) < 4.78 is 0. The third-order valence-electron chi connectivity index (χ3n) is 3.86. The molecule has 2 heterocycles. The largest absolute Gasteiger partial charge is 0.384 e. The van der Waals surface area contributed by atoms with Gasteiger partial charge in [-0.3, -0.25) is 4.79 Å². The minimum absolute atomic E-state index is 0.182. The summed E-state index contributed by atoms with van der Waals surface area (Å²) >= 11 is 1.39. The van der Waals surface area contributed by atoms with Crippen LogP contribution >= 0.6 is 11.8 Å². The normalized spacial score (nSPS) is 20.3. The first-order valence-corrected chi connectivity index (χ1v) is 8.47. The van der Waals surface area contributed by atoms with Gasteiger partial charge in [0, 0.05) is 24.3 Å². The molecule has 6 heteroatoms. The summed E-state index contributed by atoms with van der Waals surface area (Å²) in [5.41, 5.74) is 6.57. The maximum absolute atomic E-state index is 12.7. The highest BCUT2D eigenvalue weighted by atomic mass is 32.2. The molecule has 0 spiro atoms. The highest BCUT2D eigenvalue weighted by Gasteiger charge is 2.29. The number of piperidine rings is 1. The fraction of sp³-hybridized carbons (Fsp3) is 0.667. The number of thioether (sulfide) groups is 1. The zero-order chi connectivity index (χ0) is 15.4. The lowest BCUT2D eigenvalue weighted by molar-refractivity contribution is -0.134. The number of rotatable bonds is 4. The van der Waals surface area contributed by atoms with Gasteiger partial charge in [-0.1, -0.05) is 18.7 Å². The molecule has 1 aromatic rings. The molecule has 1 aliphatic heterocycles. The Bertz CT molecular complexity index is 488. The van der Waals surface area contributed by atoms with Crippen molar-refractivity contribution >= 4 is 23.5 Å². The minimum atomic E-state index is -0.182. The van der Waals surface area contributed by atoms with Gasteiger partial charge in [0.1, 0.15) is 5.82 Å². The van der Waals surface area contributed by atoms with Crippen LogP contribution in [0.3, 0.4) is 0 Å². The van der Waals surface area contributed by atoms with Crippen molar-refractivity contribution in [2.24, 2.45) is 0 Å². The molecule has 0 bridgehead atoms. The van der Waals surface area contributed by atoms with Gasteiger partial charge in [0.25, 0.3) is 0 Å². The zero-order valence-corrected chi connectivity index (χ0v) is 13.8. The molecule has 2 atom stereocenters. The van der Waals surface area contributed by atoms with Crippen LogP contribution < -0.4 is 5.73 Å². The Labute approximate surface area is 130 Å². The number of nitrogens with two attached hydrogens (primary N) is 1. The minimum Gasteiger partial charge on any atom is -0.384 e. The maximum atomic E-state index is 12.7. The molecule has 0 aliphatic carbocycles. The Morgan fingerprint density at radius 1 is 1.52 bits per heavy atom. The number of aromatic nitrogens is 2. The first-order valence-electron chi connectivity index (χ1n) is 7.59.